The molecule has 2 heterocycles. The minimum absolute atomic E-state index is 0.00536. The van der Waals surface area contributed by atoms with E-state index in [-0.39, 0.29) is 42.9 Å². The van der Waals surface area contributed by atoms with Gasteiger partial charge in [0.05, 0.1) is 23.7 Å². The molecule has 0 unspecified atom stereocenters. The third-order valence-corrected chi connectivity index (χ3v) is 4.70. The summed E-state index contributed by atoms with van der Waals surface area (Å²) in [5.74, 6) is -0.0329. The van der Waals surface area contributed by atoms with Crippen molar-refractivity contribution in [1.82, 2.24) is 24.5 Å². The van der Waals surface area contributed by atoms with E-state index >= 15 is 0 Å². The number of para-hydroxylation sites is 2. The number of carbonyl (C=O) groups excluding carboxylic acids is 1. The number of nitrogens with one attached hydrogen (secondary N) is 1. The van der Waals surface area contributed by atoms with E-state index in [2.05, 4.69) is 25.3 Å². The molecule has 0 fully saturated rings. The van der Waals surface area contributed by atoms with Crippen LogP contribution >= 0.6 is 0 Å². The molecule has 0 radical (unpaired) electrons. The number of esters is 1. The van der Waals surface area contributed by atoms with Crippen LogP contribution in [0.1, 0.15) is 17.8 Å². The monoisotopic (exact) mass is 431 g/mol. The maximum Gasteiger partial charge on any atom is 0.308 e. The Kier molecular flexibility index (Phi) is 6.02. The Hall–Kier alpha value is -4.34. The van der Waals surface area contributed by atoms with Gasteiger partial charge in [-0.15, -0.1) is 0 Å². The van der Waals surface area contributed by atoms with E-state index < -0.39 is 5.97 Å². The second kappa shape index (κ2) is 9.21. The number of benzene rings is 2. The van der Waals surface area contributed by atoms with Gasteiger partial charge in [-0.05, 0) is 30.7 Å². The predicted octanol–water partition coefficient (Wildman–Crippen LogP) is 2.35. The molecule has 4 rings (SSSR count). The zero-order valence-corrected chi connectivity index (χ0v) is 17.4. The lowest BCUT2D eigenvalue weighted by Crippen LogP contribution is -2.22. The summed E-state index contributed by atoms with van der Waals surface area (Å²) < 4.78 is 6.64. The fourth-order valence-electron chi connectivity index (χ4n) is 3.13. The standard InChI is InChI=1S/C22H21N7O3/c1-14-6-5-9-16-19(14)24-13-29(20(16)31)11-10-18(30)32-12-17-26-21(23)28-22(27-17)25-15-7-3-2-4-8-15/h2-9,13H,10-12H2,1H3,(H3,23,25,26,27,28). The highest BCUT2D eigenvalue weighted by atomic mass is 16.5. The first kappa shape index (κ1) is 20.9. The van der Waals surface area contributed by atoms with E-state index in [4.69, 9.17) is 10.5 Å². The second-order valence-electron chi connectivity index (χ2n) is 7.05. The maximum atomic E-state index is 12.6. The van der Waals surface area contributed by atoms with Crippen LogP contribution in [0.15, 0.2) is 59.7 Å². The first-order valence-corrected chi connectivity index (χ1v) is 9.92. The van der Waals surface area contributed by atoms with Gasteiger partial charge in [0.1, 0.15) is 0 Å². The Morgan fingerprint density at radius 2 is 1.91 bits per heavy atom. The van der Waals surface area contributed by atoms with Gasteiger partial charge < -0.3 is 15.8 Å². The maximum absolute atomic E-state index is 12.6. The number of nitrogens with zero attached hydrogens (tertiary/aromatic N) is 5. The number of fused-ring (bicyclic) bond motifs is 1. The number of anilines is 3. The SMILES string of the molecule is Cc1cccc2c(=O)n(CCC(=O)OCc3nc(N)nc(Nc4ccccc4)n3)cnc12. The summed E-state index contributed by atoms with van der Waals surface area (Å²) in [5, 5.41) is 3.53. The largest absolute Gasteiger partial charge is 0.457 e. The van der Waals surface area contributed by atoms with Crippen molar-refractivity contribution in [2.24, 2.45) is 0 Å². The first-order chi connectivity index (χ1) is 15.5. The average Bonchev–Trinajstić information content (AvgIpc) is 2.78. The van der Waals surface area contributed by atoms with Gasteiger partial charge in [0.25, 0.3) is 5.56 Å². The topological polar surface area (TPSA) is 138 Å². The predicted molar refractivity (Wildman–Crippen MR) is 119 cm³/mol. The number of nitrogens with two attached hydrogens (primary N) is 1. The van der Waals surface area contributed by atoms with Crippen LogP contribution in [0.25, 0.3) is 10.9 Å². The molecule has 0 amide bonds. The van der Waals surface area contributed by atoms with Crippen molar-refractivity contribution < 1.29 is 9.53 Å². The third kappa shape index (κ3) is 4.86. The fourth-order valence-corrected chi connectivity index (χ4v) is 3.13. The molecule has 162 valence electrons. The van der Waals surface area contributed by atoms with Gasteiger partial charge in [-0.25, -0.2) is 4.98 Å². The van der Waals surface area contributed by atoms with E-state index in [0.717, 1.165) is 11.3 Å². The van der Waals surface area contributed by atoms with Crippen LogP contribution in [0.3, 0.4) is 0 Å². The van der Waals surface area contributed by atoms with Gasteiger partial charge in [0, 0.05) is 12.2 Å². The van der Waals surface area contributed by atoms with Crippen LogP contribution in [0.5, 0.6) is 0 Å². The highest BCUT2D eigenvalue weighted by Gasteiger charge is 2.11. The molecule has 0 saturated carbocycles. The van der Waals surface area contributed by atoms with Crippen molar-refractivity contribution in [2.45, 2.75) is 26.5 Å². The van der Waals surface area contributed by atoms with Crippen molar-refractivity contribution in [3.8, 4) is 0 Å². The molecule has 2 aromatic heterocycles. The summed E-state index contributed by atoms with van der Waals surface area (Å²) in [6.45, 7) is 1.87. The van der Waals surface area contributed by atoms with Gasteiger partial charge in [-0.3, -0.25) is 14.2 Å². The molecule has 32 heavy (non-hydrogen) atoms. The Morgan fingerprint density at radius 1 is 1.09 bits per heavy atom. The van der Waals surface area contributed by atoms with Crippen LogP contribution in [-0.2, 0) is 22.7 Å². The number of hydrogen-bond donors (Lipinski definition) is 2. The first-order valence-electron chi connectivity index (χ1n) is 9.92. The van der Waals surface area contributed by atoms with E-state index in [0.29, 0.717) is 10.9 Å². The lowest BCUT2D eigenvalue weighted by Gasteiger charge is -2.09. The third-order valence-electron chi connectivity index (χ3n) is 4.70. The summed E-state index contributed by atoms with van der Waals surface area (Å²) in [6.07, 6.45) is 1.44. The van der Waals surface area contributed by atoms with Crippen molar-refractivity contribution in [1.29, 1.82) is 0 Å². The van der Waals surface area contributed by atoms with Gasteiger partial charge in [0.15, 0.2) is 12.4 Å². The van der Waals surface area contributed by atoms with E-state index in [1.807, 2.05) is 43.3 Å². The molecule has 0 aliphatic carbocycles. The summed E-state index contributed by atoms with van der Waals surface area (Å²) in [5.41, 5.74) is 7.90. The minimum Gasteiger partial charge on any atom is -0.457 e. The molecule has 0 bridgehead atoms. The fraction of sp³-hybridized carbons (Fsp3) is 0.182. The highest BCUT2D eigenvalue weighted by molar-refractivity contribution is 5.80. The van der Waals surface area contributed by atoms with E-state index in [9.17, 15) is 9.59 Å². The lowest BCUT2D eigenvalue weighted by molar-refractivity contribution is -0.145. The molecule has 0 aliphatic rings. The summed E-state index contributed by atoms with van der Waals surface area (Å²) in [4.78, 5) is 41.4. The number of carbonyl (C=O) groups is 1. The van der Waals surface area contributed by atoms with Crippen LogP contribution in [0.2, 0.25) is 0 Å². The number of aryl methyl sites for hydroxylation is 2. The molecule has 0 spiro atoms. The second-order valence-corrected chi connectivity index (χ2v) is 7.05. The van der Waals surface area contributed by atoms with E-state index in [1.54, 1.807) is 12.1 Å². The number of nitrogen functional groups attached to an aromatic ring is 1. The average molecular weight is 431 g/mol. The molecule has 4 aromatic rings. The van der Waals surface area contributed by atoms with Crippen molar-refractivity contribution >= 4 is 34.5 Å². The van der Waals surface area contributed by atoms with Crippen molar-refractivity contribution in [2.75, 3.05) is 11.1 Å². The normalized spacial score (nSPS) is 10.8. The van der Waals surface area contributed by atoms with Gasteiger partial charge >= 0.3 is 5.97 Å². The summed E-state index contributed by atoms with van der Waals surface area (Å²) in [7, 11) is 0. The van der Waals surface area contributed by atoms with Gasteiger partial charge in [-0.2, -0.15) is 15.0 Å². The minimum atomic E-state index is -0.502. The van der Waals surface area contributed by atoms with Crippen LogP contribution in [0, 0.1) is 6.92 Å². The molecule has 2 aromatic carbocycles. The van der Waals surface area contributed by atoms with Crippen molar-refractivity contribution in [3.63, 3.8) is 0 Å². The molecular weight excluding hydrogens is 410 g/mol. The zero-order valence-electron chi connectivity index (χ0n) is 17.4. The zero-order chi connectivity index (χ0) is 22.5. The summed E-state index contributed by atoms with van der Waals surface area (Å²) in [6, 6.07) is 14.8. The Labute approximate surface area is 183 Å². The molecule has 0 aliphatic heterocycles. The number of hydrogen-bond acceptors (Lipinski definition) is 9. The lowest BCUT2D eigenvalue weighted by atomic mass is 10.1. The smallest absolute Gasteiger partial charge is 0.308 e. The highest BCUT2D eigenvalue weighted by Crippen LogP contribution is 2.13. The van der Waals surface area contributed by atoms with Crippen LogP contribution in [0.4, 0.5) is 17.6 Å². The number of aromatic nitrogens is 5. The Balaban J connectivity index is 1.37. The molecular formula is C22H21N7O3. The number of ether oxygens (including phenoxy) is 1. The van der Waals surface area contributed by atoms with Gasteiger partial charge in [-0.1, -0.05) is 30.3 Å². The number of rotatable bonds is 7. The molecule has 10 heteroatoms. The van der Waals surface area contributed by atoms with Gasteiger partial charge in [0.2, 0.25) is 11.9 Å². The quantitative estimate of drug-likeness (QED) is 0.422. The Morgan fingerprint density at radius 3 is 2.72 bits per heavy atom. The summed E-state index contributed by atoms with van der Waals surface area (Å²) >= 11 is 0. The molecule has 3 N–H and O–H groups in total. The molecule has 0 atom stereocenters. The van der Waals surface area contributed by atoms with Crippen LogP contribution in [-0.4, -0.2) is 30.5 Å². The molecule has 0 saturated heterocycles. The molecule has 10 nitrogen and oxygen atoms in total. The van der Waals surface area contributed by atoms with E-state index in [1.165, 1.54) is 10.9 Å². The Bertz CT molecular complexity index is 1320. The van der Waals surface area contributed by atoms with Crippen molar-refractivity contribution in [3.05, 3.63) is 76.6 Å². The van der Waals surface area contributed by atoms with Crippen LogP contribution < -0.4 is 16.6 Å².